The lowest BCUT2D eigenvalue weighted by molar-refractivity contribution is 0.262. The molecule has 20 heavy (non-hydrogen) atoms. The fourth-order valence-corrected chi connectivity index (χ4v) is 1.58. The Morgan fingerprint density at radius 2 is 1.80 bits per heavy atom. The summed E-state index contributed by atoms with van der Waals surface area (Å²) < 4.78 is 39.8. The number of nitrogens with one attached hydrogen (secondary N) is 2. The molecule has 0 bridgehead atoms. The molecule has 1 aromatic heterocycles. The highest BCUT2D eigenvalue weighted by Crippen LogP contribution is 2.19. The maximum Gasteiger partial charge on any atom is 0.324 e. The molecule has 0 saturated carbocycles. The van der Waals surface area contributed by atoms with Gasteiger partial charge in [0.15, 0.2) is 17.5 Å². The first kappa shape index (κ1) is 14.3. The molecule has 0 saturated heterocycles. The smallest absolute Gasteiger partial charge is 0.305 e. The van der Waals surface area contributed by atoms with Crippen LogP contribution < -0.4 is 10.6 Å². The van der Waals surface area contributed by atoms with Crippen molar-refractivity contribution >= 4 is 33.5 Å². The molecule has 0 radical (unpaired) electrons. The lowest BCUT2D eigenvalue weighted by Gasteiger charge is -2.08. The topological polar surface area (TPSA) is 54.0 Å². The van der Waals surface area contributed by atoms with Crippen LogP contribution >= 0.6 is 15.9 Å². The third-order valence-electron chi connectivity index (χ3n) is 2.25. The summed E-state index contributed by atoms with van der Waals surface area (Å²) in [7, 11) is 0. The number of carbonyl (C=O) groups is 1. The fraction of sp³-hybridized carbons (Fsp3) is 0. The van der Waals surface area contributed by atoms with Gasteiger partial charge in [0.1, 0.15) is 5.82 Å². The van der Waals surface area contributed by atoms with Crippen molar-refractivity contribution in [3.63, 3.8) is 0 Å². The van der Waals surface area contributed by atoms with Gasteiger partial charge < -0.3 is 5.32 Å². The molecule has 2 aromatic rings. The average molecular weight is 346 g/mol. The number of amides is 2. The molecule has 1 aromatic carbocycles. The lowest BCUT2D eigenvalue weighted by atomic mass is 10.3. The SMILES string of the molecule is O=C(Nc1ccc(Br)cn1)Nc1ccc(F)c(F)c1F. The van der Waals surface area contributed by atoms with Crippen LogP contribution in [0.5, 0.6) is 0 Å². The van der Waals surface area contributed by atoms with Gasteiger partial charge in [0.05, 0.1) is 5.69 Å². The molecular weight excluding hydrogens is 339 g/mol. The van der Waals surface area contributed by atoms with Crippen LogP contribution in [0.4, 0.5) is 29.5 Å². The first-order valence-corrected chi connectivity index (χ1v) is 6.09. The molecule has 2 rings (SSSR count). The predicted octanol–water partition coefficient (Wildman–Crippen LogP) is 3.91. The maximum atomic E-state index is 13.3. The summed E-state index contributed by atoms with van der Waals surface area (Å²) >= 11 is 3.17. The summed E-state index contributed by atoms with van der Waals surface area (Å²) in [5.74, 6) is -4.23. The number of halogens is 4. The van der Waals surface area contributed by atoms with Crippen molar-refractivity contribution in [2.45, 2.75) is 0 Å². The second-order valence-electron chi connectivity index (χ2n) is 3.66. The van der Waals surface area contributed by atoms with E-state index in [0.29, 0.717) is 6.07 Å². The summed E-state index contributed by atoms with van der Waals surface area (Å²) in [6.07, 6.45) is 1.45. The second kappa shape index (κ2) is 5.91. The van der Waals surface area contributed by atoms with Gasteiger partial charge in [0.2, 0.25) is 0 Å². The van der Waals surface area contributed by atoms with Crippen molar-refractivity contribution in [3.05, 3.63) is 52.4 Å². The summed E-state index contributed by atoms with van der Waals surface area (Å²) in [5.41, 5.74) is -0.474. The molecule has 104 valence electrons. The Balaban J connectivity index is 2.08. The maximum absolute atomic E-state index is 13.3. The largest absolute Gasteiger partial charge is 0.324 e. The van der Waals surface area contributed by atoms with Crippen LogP contribution in [0.25, 0.3) is 0 Å². The van der Waals surface area contributed by atoms with Crippen molar-refractivity contribution < 1.29 is 18.0 Å². The van der Waals surface area contributed by atoms with E-state index >= 15 is 0 Å². The monoisotopic (exact) mass is 345 g/mol. The van der Waals surface area contributed by atoms with Crippen molar-refractivity contribution in [3.8, 4) is 0 Å². The highest BCUT2D eigenvalue weighted by molar-refractivity contribution is 9.10. The highest BCUT2D eigenvalue weighted by atomic mass is 79.9. The van der Waals surface area contributed by atoms with Gasteiger partial charge in [0, 0.05) is 10.7 Å². The van der Waals surface area contributed by atoms with Gasteiger partial charge in [-0.3, -0.25) is 5.32 Å². The minimum Gasteiger partial charge on any atom is -0.305 e. The van der Waals surface area contributed by atoms with Crippen molar-refractivity contribution in [1.82, 2.24) is 4.98 Å². The summed E-state index contributed by atoms with van der Waals surface area (Å²) in [6.45, 7) is 0. The zero-order chi connectivity index (χ0) is 14.7. The van der Waals surface area contributed by atoms with E-state index < -0.39 is 29.2 Å². The van der Waals surface area contributed by atoms with E-state index in [4.69, 9.17) is 0 Å². The number of pyridine rings is 1. The number of nitrogens with zero attached hydrogens (tertiary/aromatic N) is 1. The minimum atomic E-state index is -1.65. The Labute approximate surface area is 120 Å². The molecule has 0 atom stereocenters. The number of benzene rings is 1. The van der Waals surface area contributed by atoms with Gasteiger partial charge in [0.25, 0.3) is 0 Å². The third-order valence-corrected chi connectivity index (χ3v) is 2.72. The Morgan fingerprint density at radius 1 is 1.05 bits per heavy atom. The van der Waals surface area contributed by atoms with E-state index in [1.54, 1.807) is 6.07 Å². The number of rotatable bonds is 2. The zero-order valence-electron chi connectivity index (χ0n) is 9.75. The number of hydrogen-bond donors (Lipinski definition) is 2. The van der Waals surface area contributed by atoms with Gasteiger partial charge in [-0.1, -0.05) is 0 Å². The van der Waals surface area contributed by atoms with E-state index in [1.165, 1.54) is 12.3 Å². The molecular formula is C12H7BrF3N3O. The summed E-state index contributed by atoms with van der Waals surface area (Å²) in [6, 6.07) is 3.95. The molecule has 2 N–H and O–H groups in total. The van der Waals surface area contributed by atoms with Gasteiger partial charge in [-0.2, -0.15) is 0 Å². The molecule has 8 heteroatoms. The number of anilines is 2. The van der Waals surface area contributed by atoms with Crippen LogP contribution in [0.2, 0.25) is 0 Å². The molecule has 0 spiro atoms. The minimum absolute atomic E-state index is 0.216. The molecule has 0 unspecified atom stereocenters. The standard InChI is InChI=1S/C12H7BrF3N3O/c13-6-1-4-9(17-5-6)19-12(20)18-8-3-2-7(14)10(15)11(8)16/h1-5H,(H2,17,18,19,20). The lowest BCUT2D eigenvalue weighted by Crippen LogP contribution is -2.21. The Bertz CT molecular complexity index is 649. The normalized spacial score (nSPS) is 10.2. The van der Waals surface area contributed by atoms with Gasteiger partial charge in [-0.15, -0.1) is 0 Å². The highest BCUT2D eigenvalue weighted by Gasteiger charge is 2.15. The van der Waals surface area contributed by atoms with E-state index in [2.05, 4.69) is 31.5 Å². The van der Waals surface area contributed by atoms with E-state index in [1.807, 2.05) is 0 Å². The molecule has 0 aliphatic heterocycles. The molecule has 0 fully saturated rings. The van der Waals surface area contributed by atoms with Crippen LogP contribution in [0.3, 0.4) is 0 Å². The fourth-order valence-electron chi connectivity index (χ4n) is 1.34. The summed E-state index contributed by atoms with van der Waals surface area (Å²) in [5, 5.41) is 4.37. The number of carbonyl (C=O) groups excluding carboxylic acids is 1. The Kier molecular flexibility index (Phi) is 4.23. The Morgan fingerprint density at radius 3 is 2.45 bits per heavy atom. The van der Waals surface area contributed by atoms with Crippen LogP contribution in [0.1, 0.15) is 0 Å². The van der Waals surface area contributed by atoms with Crippen LogP contribution in [-0.4, -0.2) is 11.0 Å². The van der Waals surface area contributed by atoms with Crippen LogP contribution in [0.15, 0.2) is 34.9 Å². The molecule has 0 aliphatic carbocycles. The van der Waals surface area contributed by atoms with E-state index in [9.17, 15) is 18.0 Å². The van der Waals surface area contributed by atoms with Crippen LogP contribution in [-0.2, 0) is 0 Å². The second-order valence-corrected chi connectivity index (χ2v) is 4.58. The third kappa shape index (κ3) is 3.27. The molecule has 2 amide bonds. The van der Waals surface area contributed by atoms with Gasteiger partial charge in [-0.05, 0) is 40.2 Å². The quantitative estimate of drug-likeness (QED) is 0.811. The zero-order valence-corrected chi connectivity index (χ0v) is 11.3. The molecule has 4 nitrogen and oxygen atoms in total. The van der Waals surface area contributed by atoms with Gasteiger partial charge >= 0.3 is 6.03 Å². The first-order valence-electron chi connectivity index (χ1n) is 5.30. The van der Waals surface area contributed by atoms with Crippen molar-refractivity contribution in [1.29, 1.82) is 0 Å². The first-order chi connectivity index (χ1) is 9.47. The van der Waals surface area contributed by atoms with Gasteiger partial charge in [-0.25, -0.2) is 22.9 Å². The van der Waals surface area contributed by atoms with Crippen LogP contribution in [0, 0.1) is 17.5 Å². The molecule has 0 aliphatic rings. The van der Waals surface area contributed by atoms with Crippen molar-refractivity contribution in [2.75, 3.05) is 10.6 Å². The summed E-state index contributed by atoms with van der Waals surface area (Å²) in [4.78, 5) is 15.4. The number of hydrogen-bond acceptors (Lipinski definition) is 2. The molecule has 1 heterocycles. The number of urea groups is 1. The average Bonchev–Trinajstić information content (AvgIpc) is 2.42. The van der Waals surface area contributed by atoms with E-state index in [-0.39, 0.29) is 5.82 Å². The predicted molar refractivity (Wildman–Crippen MR) is 70.9 cm³/mol. The van der Waals surface area contributed by atoms with E-state index in [0.717, 1.165) is 10.5 Å². The number of aromatic nitrogens is 1. The Hall–Kier alpha value is -2.09. The van der Waals surface area contributed by atoms with Crippen molar-refractivity contribution in [2.24, 2.45) is 0 Å².